The van der Waals surface area contributed by atoms with Crippen molar-refractivity contribution in [3.8, 4) is 5.75 Å². The van der Waals surface area contributed by atoms with E-state index in [-0.39, 0.29) is 29.6 Å². The highest BCUT2D eigenvalue weighted by molar-refractivity contribution is 9.11. The molecule has 0 N–H and O–H groups in total. The lowest BCUT2D eigenvalue weighted by Crippen LogP contribution is -2.06. The van der Waals surface area contributed by atoms with Crippen LogP contribution in [-0.4, -0.2) is 21.7 Å². The van der Waals surface area contributed by atoms with Crippen LogP contribution in [0.25, 0.3) is 6.08 Å². The topological polar surface area (TPSA) is 134 Å². The van der Waals surface area contributed by atoms with Crippen LogP contribution in [-0.2, 0) is 16.1 Å². The molecule has 0 unspecified atom stereocenters. The quantitative estimate of drug-likeness (QED) is 0.132. The van der Waals surface area contributed by atoms with E-state index in [1.807, 2.05) is 0 Å². The smallest absolute Gasteiger partial charge is 0.363 e. The number of carbonyl (C=O) groups excluding carboxylic acids is 1. The molecule has 1 heterocycles. The fourth-order valence-corrected chi connectivity index (χ4v) is 4.80. The number of ether oxygens (including phenoxy) is 2. The normalized spacial score (nSPS) is 13.9. The zero-order valence-corrected chi connectivity index (χ0v) is 21.6. The van der Waals surface area contributed by atoms with Gasteiger partial charge in [-0.2, -0.15) is 0 Å². The van der Waals surface area contributed by atoms with E-state index >= 15 is 0 Å². The minimum Gasteiger partial charge on any atom is -0.487 e. The van der Waals surface area contributed by atoms with Crippen LogP contribution in [0.2, 0.25) is 0 Å². The number of nitro groups is 2. The second-order valence-electron chi connectivity index (χ2n) is 7.62. The van der Waals surface area contributed by atoms with Gasteiger partial charge in [-0.1, -0.05) is 18.2 Å². The van der Waals surface area contributed by atoms with Crippen molar-refractivity contribution in [3.05, 3.63) is 112 Å². The van der Waals surface area contributed by atoms with Gasteiger partial charge in [-0.15, -0.1) is 0 Å². The Labute approximate surface area is 220 Å². The number of cyclic esters (lactones) is 1. The molecule has 0 bridgehead atoms. The van der Waals surface area contributed by atoms with Gasteiger partial charge in [0.25, 0.3) is 11.4 Å². The Bertz CT molecular complexity index is 1460. The molecule has 0 aromatic heterocycles. The first kappa shape index (κ1) is 25.2. The number of nitro benzene ring substituents is 2. The molecule has 0 atom stereocenters. The average Bonchev–Trinajstić information content (AvgIpc) is 3.18. The first-order chi connectivity index (χ1) is 17.1. The predicted octanol–water partition coefficient (Wildman–Crippen LogP) is 6.26. The summed E-state index contributed by atoms with van der Waals surface area (Å²) < 4.78 is 12.2. The van der Waals surface area contributed by atoms with Gasteiger partial charge in [0.1, 0.15) is 12.4 Å². The van der Waals surface area contributed by atoms with Crippen LogP contribution < -0.4 is 4.74 Å². The molecule has 0 fully saturated rings. The first-order valence-corrected chi connectivity index (χ1v) is 11.8. The van der Waals surface area contributed by atoms with E-state index in [2.05, 4.69) is 36.9 Å². The second-order valence-corrected chi connectivity index (χ2v) is 9.33. The zero-order valence-electron chi connectivity index (χ0n) is 18.4. The van der Waals surface area contributed by atoms with Crippen molar-refractivity contribution in [2.75, 3.05) is 0 Å². The Kier molecular flexibility index (Phi) is 7.27. The number of benzene rings is 3. The molecule has 1 aliphatic heterocycles. The lowest BCUT2D eigenvalue weighted by Gasteiger charge is -2.11. The van der Waals surface area contributed by atoms with E-state index in [0.29, 0.717) is 36.9 Å². The van der Waals surface area contributed by atoms with Crippen LogP contribution in [0.3, 0.4) is 0 Å². The maximum Gasteiger partial charge on any atom is 0.363 e. The third-order valence-electron chi connectivity index (χ3n) is 5.10. The summed E-state index contributed by atoms with van der Waals surface area (Å²) >= 11 is 6.88. The Balaban J connectivity index is 1.56. The van der Waals surface area contributed by atoms with Gasteiger partial charge in [-0.05, 0) is 74.2 Å². The Hall–Kier alpha value is -3.90. The molecule has 3 aromatic carbocycles. The second kappa shape index (κ2) is 10.4. The van der Waals surface area contributed by atoms with E-state index < -0.39 is 15.8 Å². The lowest BCUT2D eigenvalue weighted by atomic mass is 10.1. The van der Waals surface area contributed by atoms with Crippen LogP contribution in [0.5, 0.6) is 5.75 Å². The maximum atomic E-state index is 12.4. The molecule has 0 saturated carbocycles. The van der Waals surface area contributed by atoms with Gasteiger partial charge in [0.2, 0.25) is 5.90 Å². The number of hydrogen-bond acceptors (Lipinski definition) is 8. The minimum absolute atomic E-state index is 0.0237. The Morgan fingerprint density at radius 3 is 2.42 bits per heavy atom. The fraction of sp³-hybridized carbons (Fsp3) is 0.0833. The molecule has 36 heavy (non-hydrogen) atoms. The summed E-state index contributed by atoms with van der Waals surface area (Å²) in [5, 5.41) is 22.2. The van der Waals surface area contributed by atoms with Crippen LogP contribution in [0.4, 0.5) is 11.4 Å². The van der Waals surface area contributed by atoms with Crippen molar-refractivity contribution in [3.63, 3.8) is 0 Å². The molecule has 182 valence electrons. The molecule has 0 aliphatic carbocycles. The number of hydrogen-bond donors (Lipinski definition) is 0. The van der Waals surface area contributed by atoms with Crippen molar-refractivity contribution < 1.29 is 24.1 Å². The number of aryl methyl sites for hydroxylation is 1. The SMILES string of the molecule is Cc1ccc(C2=N/C(=C\c3cc(Br)c(OCc4cccc([N+](=O)[O-])c4)c(Br)c3)C(=O)O2)cc1[N+](=O)[O-]. The van der Waals surface area contributed by atoms with Gasteiger partial charge in [-0.3, -0.25) is 20.2 Å². The van der Waals surface area contributed by atoms with E-state index in [4.69, 9.17) is 9.47 Å². The third kappa shape index (κ3) is 5.50. The molecule has 12 heteroatoms. The van der Waals surface area contributed by atoms with E-state index in [1.165, 1.54) is 24.3 Å². The van der Waals surface area contributed by atoms with E-state index in [0.717, 1.165) is 0 Å². The standard InChI is InChI=1S/C24H15Br2N3O7/c1-13-5-6-16(11-21(13)29(33)34)23-27-20(24(30)36-23)10-15-8-18(25)22(19(26)9-15)35-12-14-3-2-4-17(7-14)28(31)32/h2-11H,12H2,1H3/b20-10-. The first-order valence-electron chi connectivity index (χ1n) is 10.3. The monoisotopic (exact) mass is 615 g/mol. The summed E-state index contributed by atoms with van der Waals surface area (Å²) in [4.78, 5) is 37.8. The van der Waals surface area contributed by atoms with Crippen molar-refractivity contribution >= 4 is 61.2 Å². The molecule has 0 saturated heterocycles. The molecule has 0 spiro atoms. The molecule has 3 aromatic rings. The van der Waals surface area contributed by atoms with Crippen LogP contribution >= 0.6 is 31.9 Å². The number of nitrogens with zero attached hydrogens (tertiary/aromatic N) is 3. The molecule has 1 aliphatic rings. The van der Waals surface area contributed by atoms with Crippen LogP contribution in [0.1, 0.15) is 22.3 Å². The lowest BCUT2D eigenvalue weighted by molar-refractivity contribution is -0.385. The molecule has 4 rings (SSSR count). The van der Waals surface area contributed by atoms with Gasteiger partial charge < -0.3 is 9.47 Å². The largest absolute Gasteiger partial charge is 0.487 e. The highest BCUT2D eigenvalue weighted by Gasteiger charge is 2.26. The van der Waals surface area contributed by atoms with Crippen LogP contribution in [0, 0.1) is 27.2 Å². The van der Waals surface area contributed by atoms with Gasteiger partial charge >= 0.3 is 5.97 Å². The predicted molar refractivity (Wildman–Crippen MR) is 138 cm³/mol. The zero-order chi connectivity index (χ0) is 26.0. The van der Waals surface area contributed by atoms with E-state index in [1.54, 1.807) is 43.3 Å². The maximum absolute atomic E-state index is 12.4. The number of halogens is 2. The minimum atomic E-state index is -0.688. The number of rotatable bonds is 7. The molecular formula is C24H15Br2N3O7. The van der Waals surface area contributed by atoms with Crippen molar-refractivity contribution in [1.82, 2.24) is 0 Å². The summed E-state index contributed by atoms with van der Waals surface area (Å²) in [5.74, 6) is -0.246. The van der Waals surface area contributed by atoms with Crippen molar-refractivity contribution in [2.24, 2.45) is 4.99 Å². The fourth-order valence-electron chi connectivity index (χ4n) is 3.35. The highest BCUT2D eigenvalue weighted by atomic mass is 79.9. The number of aliphatic imine (C=N–C) groups is 1. The molecule has 0 radical (unpaired) electrons. The molecular weight excluding hydrogens is 602 g/mol. The molecule has 10 nitrogen and oxygen atoms in total. The van der Waals surface area contributed by atoms with Gasteiger partial charge in [-0.25, -0.2) is 9.79 Å². The summed E-state index contributed by atoms with van der Waals surface area (Å²) in [6.07, 6.45) is 1.51. The highest BCUT2D eigenvalue weighted by Crippen LogP contribution is 2.36. The van der Waals surface area contributed by atoms with Gasteiger partial charge in [0, 0.05) is 29.3 Å². The Morgan fingerprint density at radius 1 is 1.03 bits per heavy atom. The summed E-state index contributed by atoms with van der Waals surface area (Å²) in [6, 6.07) is 14.0. The summed E-state index contributed by atoms with van der Waals surface area (Å²) in [6.45, 7) is 1.71. The van der Waals surface area contributed by atoms with E-state index in [9.17, 15) is 25.0 Å². The number of carbonyl (C=O) groups is 1. The number of esters is 1. The van der Waals surface area contributed by atoms with Gasteiger partial charge in [0.05, 0.1) is 18.8 Å². The third-order valence-corrected chi connectivity index (χ3v) is 6.28. The van der Waals surface area contributed by atoms with Crippen molar-refractivity contribution in [1.29, 1.82) is 0 Å². The summed E-state index contributed by atoms with van der Waals surface area (Å²) in [5.41, 5.74) is 1.92. The molecule has 0 amide bonds. The summed E-state index contributed by atoms with van der Waals surface area (Å²) in [7, 11) is 0. The number of non-ortho nitro benzene ring substituents is 1. The Morgan fingerprint density at radius 2 is 1.75 bits per heavy atom. The average molecular weight is 617 g/mol. The van der Waals surface area contributed by atoms with Gasteiger partial charge in [0.15, 0.2) is 5.70 Å². The van der Waals surface area contributed by atoms with Crippen molar-refractivity contribution in [2.45, 2.75) is 13.5 Å². The van der Waals surface area contributed by atoms with Crippen LogP contribution in [0.15, 0.2) is 74.2 Å².